The van der Waals surface area contributed by atoms with Crippen molar-refractivity contribution in [3.05, 3.63) is 76.7 Å². The number of hydrogen-bond acceptors (Lipinski definition) is 5. The van der Waals surface area contributed by atoms with Crippen LogP contribution in [0.25, 0.3) is 0 Å². The van der Waals surface area contributed by atoms with E-state index < -0.39 is 0 Å². The molecule has 0 bridgehead atoms. The first-order valence-corrected chi connectivity index (χ1v) is 9.85. The molecule has 140 valence electrons. The number of ether oxygens (including phenoxy) is 1. The Morgan fingerprint density at radius 1 is 1.15 bits per heavy atom. The number of aryl methyl sites for hydroxylation is 2. The van der Waals surface area contributed by atoms with Crippen molar-refractivity contribution in [1.82, 2.24) is 10.5 Å². The highest BCUT2D eigenvalue weighted by Gasteiger charge is 2.13. The molecule has 0 aliphatic carbocycles. The molecule has 0 atom stereocenters. The molecule has 0 spiro atoms. The Kier molecular flexibility index (Phi) is 6.19. The van der Waals surface area contributed by atoms with Crippen LogP contribution in [0, 0.1) is 13.8 Å². The van der Waals surface area contributed by atoms with Crippen molar-refractivity contribution in [2.45, 2.75) is 31.9 Å². The molecule has 3 rings (SSSR count). The van der Waals surface area contributed by atoms with Crippen LogP contribution in [0.15, 0.2) is 57.9 Å². The fourth-order valence-corrected chi connectivity index (χ4v) is 3.08. The van der Waals surface area contributed by atoms with E-state index in [-0.39, 0.29) is 18.2 Å². The van der Waals surface area contributed by atoms with Crippen LogP contribution in [0.4, 0.5) is 0 Å². The molecule has 0 radical (unpaired) electrons. The summed E-state index contributed by atoms with van der Waals surface area (Å²) in [4.78, 5) is 13.4. The predicted molar refractivity (Wildman–Crippen MR) is 106 cm³/mol. The molecule has 0 aliphatic heterocycles. The summed E-state index contributed by atoms with van der Waals surface area (Å²) in [6.45, 7) is 4.65. The lowest BCUT2D eigenvalue weighted by Crippen LogP contribution is -2.23. The van der Waals surface area contributed by atoms with Gasteiger partial charge in [0, 0.05) is 17.5 Å². The Morgan fingerprint density at radius 2 is 1.85 bits per heavy atom. The van der Waals surface area contributed by atoms with Gasteiger partial charge in [0.1, 0.15) is 12.4 Å². The molecule has 1 amide bonds. The molecule has 0 saturated carbocycles. The number of hydrogen-bond donors (Lipinski definition) is 1. The van der Waals surface area contributed by atoms with E-state index in [1.807, 2.05) is 62.6 Å². The number of amides is 1. The molecular weight excluding hydrogens is 360 g/mol. The van der Waals surface area contributed by atoms with Crippen LogP contribution < -0.4 is 10.1 Å². The van der Waals surface area contributed by atoms with Crippen LogP contribution in [0.5, 0.6) is 5.75 Å². The van der Waals surface area contributed by atoms with Crippen LogP contribution in [0.2, 0.25) is 0 Å². The number of aromatic nitrogens is 1. The zero-order valence-electron chi connectivity index (χ0n) is 15.6. The predicted octanol–water partition coefficient (Wildman–Crippen LogP) is 4.52. The second-order valence-corrected chi connectivity index (χ2v) is 7.10. The van der Waals surface area contributed by atoms with Crippen molar-refractivity contribution >= 4 is 17.7 Å². The van der Waals surface area contributed by atoms with Gasteiger partial charge in [0.05, 0.1) is 0 Å². The number of rotatable bonds is 7. The average Bonchev–Trinajstić information content (AvgIpc) is 3.15. The topological polar surface area (TPSA) is 64.4 Å². The highest BCUT2D eigenvalue weighted by molar-refractivity contribution is 7.98. The van der Waals surface area contributed by atoms with Gasteiger partial charge in [-0.2, -0.15) is 0 Å². The molecular formula is C21H22N2O3S. The van der Waals surface area contributed by atoms with Gasteiger partial charge in [0.25, 0.3) is 5.91 Å². The maximum Gasteiger partial charge on any atom is 0.273 e. The summed E-state index contributed by atoms with van der Waals surface area (Å²) >= 11 is 1.68. The van der Waals surface area contributed by atoms with Crippen molar-refractivity contribution in [2.75, 3.05) is 6.26 Å². The lowest BCUT2D eigenvalue weighted by Gasteiger charge is -2.09. The van der Waals surface area contributed by atoms with Crippen molar-refractivity contribution in [2.24, 2.45) is 0 Å². The standard InChI is InChI=1S/C21H22N2O3S/c1-14-5-4-6-15(2)20(14)25-13-17-11-19(23-26-17)21(24)22-12-16-7-9-18(27-3)10-8-16/h4-11H,12-13H2,1-3H3,(H,22,24). The van der Waals surface area contributed by atoms with Gasteiger partial charge >= 0.3 is 0 Å². The van der Waals surface area contributed by atoms with Gasteiger partial charge in [-0.1, -0.05) is 35.5 Å². The zero-order chi connectivity index (χ0) is 19.2. The zero-order valence-corrected chi connectivity index (χ0v) is 16.4. The van der Waals surface area contributed by atoms with Crippen molar-refractivity contribution < 1.29 is 14.1 Å². The highest BCUT2D eigenvalue weighted by Crippen LogP contribution is 2.23. The molecule has 1 heterocycles. The van der Waals surface area contributed by atoms with E-state index in [0.717, 1.165) is 22.4 Å². The van der Waals surface area contributed by atoms with Crippen LogP contribution in [-0.2, 0) is 13.2 Å². The normalized spacial score (nSPS) is 10.6. The van der Waals surface area contributed by atoms with Gasteiger partial charge in [0.2, 0.25) is 0 Å². The summed E-state index contributed by atoms with van der Waals surface area (Å²) in [6.07, 6.45) is 2.03. The summed E-state index contributed by atoms with van der Waals surface area (Å²) in [5, 5.41) is 6.69. The molecule has 0 fully saturated rings. The summed E-state index contributed by atoms with van der Waals surface area (Å²) in [7, 11) is 0. The van der Waals surface area contributed by atoms with E-state index in [4.69, 9.17) is 9.26 Å². The number of thioether (sulfide) groups is 1. The van der Waals surface area contributed by atoms with E-state index in [1.54, 1.807) is 17.8 Å². The molecule has 0 unspecified atom stereocenters. The largest absolute Gasteiger partial charge is 0.485 e. The van der Waals surface area contributed by atoms with Crippen LogP contribution >= 0.6 is 11.8 Å². The number of para-hydroxylation sites is 1. The van der Waals surface area contributed by atoms with Gasteiger partial charge in [-0.25, -0.2) is 0 Å². The van der Waals surface area contributed by atoms with E-state index in [1.165, 1.54) is 4.90 Å². The van der Waals surface area contributed by atoms with Crippen LogP contribution in [-0.4, -0.2) is 17.3 Å². The summed E-state index contributed by atoms with van der Waals surface area (Å²) in [5.41, 5.74) is 3.39. The second-order valence-electron chi connectivity index (χ2n) is 6.22. The average molecular weight is 382 g/mol. The fourth-order valence-electron chi connectivity index (χ4n) is 2.67. The second kappa shape index (κ2) is 8.77. The van der Waals surface area contributed by atoms with Crippen molar-refractivity contribution in [3.8, 4) is 5.75 Å². The third-order valence-electron chi connectivity index (χ3n) is 4.17. The minimum Gasteiger partial charge on any atom is -0.485 e. The van der Waals surface area contributed by atoms with Gasteiger partial charge < -0.3 is 14.6 Å². The molecule has 2 aromatic carbocycles. The summed E-state index contributed by atoms with van der Waals surface area (Å²) < 4.78 is 11.1. The van der Waals surface area contributed by atoms with Gasteiger partial charge in [-0.3, -0.25) is 4.79 Å². The molecule has 1 aromatic heterocycles. The van der Waals surface area contributed by atoms with Gasteiger partial charge in [-0.15, -0.1) is 11.8 Å². The number of benzene rings is 2. The Balaban J connectivity index is 1.55. The SMILES string of the molecule is CSc1ccc(CNC(=O)c2cc(COc3c(C)cccc3C)on2)cc1. The first-order chi connectivity index (χ1) is 13.1. The van der Waals surface area contributed by atoms with Crippen LogP contribution in [0.1, 0.15) is 32.9 Å². The highest BCUT2D eigenvalue weighted by atomic mass is 32.2. The molecule has 0 aliphatic rings. The lowest BCUT2D eigenvalue weighted by molar-refractivity contribution is 0.0941. The Morgan fingerprint density at radius 3 is 2.52 bits per heavy atom. The summed E-state index contributed by atoms with van der Waals surface area (Å²) in [5.74, 6) is 1.06. The Labute approximate surface area is 163 Å². The molecule has 27 heavy (non-hydrogen) atoms. The number of nitrogens with zero attached hydrogens (tertiary/aromatic N) is 1. The number of nitrogens with one attached hydrogen (secondary N) is 1. The molecule has 0 saturated heterocycles. The third-order valence-corrected chi connectivity index (χ3v) is 4.91. The van der Waals surface area contributed by atoms with E-state index >= 15 is 0 Å². The number of carbonyl (C=O) groups is 1. The van der Waals surface area contributed by atoms with E-state index in [2.05, 4.69) is 10.5 Å². The maximum atomic E-state index is 12.3. The fraction of sp³-hybridized carbons (Fsp3) is 0.238. The molecule has 3 aromatic rings. The molecule has 1 N–H and O–H groups in total. The smallest absolute Gasteiger partial charge is 0.273 e. The van der Waals surface area contributed by atoms with E-state index in [9.17, 15) is 4.79 Å². The van der Waals surface area contributed by atoms with E-state index in [0.29, 0.717) is 12.3 Å². The maximum absolute atomic E-state index is 12.3. The monoisotopic (exact) mass is 382 g/mol. The lowest BCUT2D eigenvalue weighted by atomic mass is 10.1. The van der Waals surface area contributed by atoms with Crippen molar-refractivity contribution in [3.63, 3.8) is 0 Å². The summed E-state index contributed by atoms with van der Waals surface area (Å²) in [6, 6.07) is 15.7. The molecule has 5 nitrogen and oxygen atoms in total. The Hall–Kier alpha value is -2.73. The minimum atomic E-state index is -0.272. The number of carbonyl (C=O) groups excluding carboxylic acids is 1. The van der Waals surface area contributed by atoms with Gasteiger partial charge in [-0.05, 0) is 48.9 Å². The van der Waals surface area contributed by atoms with Gasteiger partial charge in [0.15, 0.2) is 11.5 Å². The first-order valence-electron chi connectivity index (χ1n) is 8.62. The molecule has 6 heteroatoms. The van der Waals surface area contributed by atoms with Crippen molar-refractivity contribution in [1.29, 1.82) is 0 Å². The van der Waals surface area contributed by atoms with Crippen LogP contribution in [0.3, 0.4) is 0 Å². The quantitative estimate of drug-likeness (QED) is 0.609. The minimum absolute atomic E-state index is 0.224. The first kappa shape index (κ1) is 19.0. The third kappa shape index (κ3) is 4.92. The Bertz CT molecular complexity index is 899.